The molecule has 0 aliphatic heterocycles. The molecular weight excluding hydrogens is 330 g/mol. The van der Waals surface area contributed by atoms with Gasteiger partial charge in [0, 0.05) is 19.2 Å². The normalized spacial score (nSPS) is 12.0. The van der Waals surface area contributed by atoms with Crippen LogP contribution in [0.2, 0.25) is 0 Å². The molecule has 2 aromatic carbocycles. The first-order chi connectivity index (χ1) is 12.7. The highest BCUT2D eigenvalue weighted by atomic mass is 16.5. The smallest absolute Gasteiger partial charge is 0.119 e. The zero-order valence-corrected chi connectivity index (χ0v) is 15.6. The standard InChI is InChI=1S/C21H29NO4/c1-3-25-12-13-26-21-10-4-17(5-11-21)14-19(16-23)22-15-18-6-8-20(24-2)9-7-18/h4-11,19,22-23H,3,12-16H2,1-2H3. The van der Waals surface area contributed by atoms with Crippen LogP contribution in [-0.2, 0) is 17.7 Å². The van der Waals surface area contributed by atoms with E-state index in [0.717, 1.165) is 29.0 Å². The molecular formula is C21H29NO4. The second-order valence-corrected chi connectivity index (χ2v) is 6.00. The Hall–Kier alpha value is -2.08. The minimum atomic E-state index is 0.00169. The Bertz CT molecular complexity index is 613. The molecule has 0 amide bonds. The molecule has 5 nitrogen and oxygen atoms in total. The van der Waals surface area contributed by atoms with Crippen LogP contribution in [0.1, 0.15) is 18.1 Å². The van der Waals surface area contributed by atoms with Gasteiger partial charge in [-0.3, -0.25) is 0 Å². The molecule has 0 bridgehead atoms. The van der Waals surface area contributed by atoms with Gasteiger partial charge in [-0.15, -0.1) is 0 Å². The maximum atomic E-state index is 9.65. The van der Waals surface area contributed by atoms with E-state index in [4.69, 9.17) is 14.2 Å². The molecule has 26 heavy (non-hydrogen) atoms. The zero-order chi connectivity index (χ0) is 18.6. The molecule has 0 heterocycles. The van der Waals surface area contributed by atoms with Crippen LogP contribution in [0.15, 0.2) is 48.5 Å². The third kappa shape index (κ3) is 7.04. The van der Waals surface area contributed by atoms with Gasteiger partial charge in [0.15, 0.2) is 0 Å². The maximum absolute atomic E-state index is 9.65. The highest BCUT2D eigenvalue weighted by molar-refractivity contribution is 5.28. The number of benzene rings is 2. The van der Waals surface area contributed by atoms with Gasteiger partial charge in [0.05, 0.1) is 20.3 Å². The minimum absolute atomic E-state index is 0.00169. The fourth-order valence-electron chi connectivity index (χ4n) is 2.58. The molecule has 142 valence electrons. The SMILES string of the molecule is CCOCCOc1ccc(CC(CO)NCc2ccc(OC)cc2)cc1. The molecule has 0 radical (unpaired) electrons. The average Bonchev–Trinajstić information content (AvgIpc) is 2.70. The lowest BCUT2D eigenvalue weighted by Gasteiger charge is -2.17. The number of hydrogen-bond donors (Lipinski definition) is 2. The maximum Gasteiger partial charge on any atom is 0.119 e. The van der Waals surface area contributed by atoms with Crippen molar-refractivity contribution in [2.75, 3.05) is 33.5 Å². The van der Waals surface area contributed by atoms with E-state index in [1.807, 2.05) is 55.5 Å². The van der Waals surface area contributed by atoms with Crippen LogP contribution in [0.25, 0.3) is 0 Å². The van der Waals surface area contributed by atoms with Crippen molar-refractivity contribution >= 4 is 0 Å². The Balaban J connectivity index is 1.78. The first kappa shape index (κ1) is 20.2. The predicted octanol–water partition coefficient (Wildman–Crippen LogP) is 2.80. The number of rotatable bonds is 12. The molecule has 1 unspecified atom stereocenters. The molecule has 0 spiro atoms. The average molecular weight is 359 g/mol. The highest BCUT2D eigenvalue weighted by Gasteiger charge is 2.08. The lowest BCUT2D eigenvalue weighted by Crippen LogP contribution is -2.34. The number of aliphatic hydroxyl groups is 1. The van der Waals surface area contributed by atoms with Crippen molar-refractivity contribution in [1.82, 2.24) is 5.32 Å². The van der Waals surface area contributed by atoms with Crippen LogP contribution in [-0.4, -0.2) is 44.7 Å². The Labute approximate surface area is 155 Å². The van der Waals surface area contributed by atoms with E-state index >= 15 is 0 Å². The lowest BCUT2D eigenvalue weighted by molar-refractivity contribution is 0.110. The van der Waals surface area contributed by atoms with Crippen LogP contribution < -0.4 is 14.8 Å². The Morgan fingerprint density at radius 1 is 0.923 bits per heavy atom. The van der Waals surface area contributed by atoms with Gasteiger partial charge in [0.25, 0.3) is 0 Å². The van der Waals surface area contributed by atoms with E-state index in [0.29, 0.717) is 26.4 Å². The zero-order valence-electron chi connectivity index (χ0n) is 15.6. The molecule has 1 atom stereocenters. The molecule has 0 saturated carbocycles. The topological polar surface area (TPSA) is 60.0 Å². The quantitative estimate of drug-likeness (QED) is 0.571. The van der Waals surface area contributed by atoms with E-state index in [1.54, 1.807) is 7.11 Å². The monoisotopic (exact) mass is 359 g/mol. The molecule has 2 rings (SSSR count). The third-order valence-corrected chi connectivity index (χ3v) is 4.08. The van der Waals surface area contributed by atoms with Crippen molar-refractivity contribution < 1.29 is 19.3 Å². The second-order valence-electron chi connectivity index (χ2n) is 6.00. The number of ether oxygens (including phenoxy) is 3. The van der Waals surface area contributed by atoms with E-state index in [1.165, 1.54) is 0 Å². The first-order valence-corrected chi connectivity index (χ1v) is 9.01. The van der Waals surface area contributed by atoms with Crippen LogP contribution in [0.5, 0.6) is 11.5 Å². The van der Waals surface area contributed by atoms with Gasteiger partial charge < -0.3 is 24.6 Å². The molecule has 5 heteroatoms. The largest absolute Gasteiger partial charge is 0.497 e. The fraction of sp³-hybridized carbons (Fsp3) is 0.429. The lowest BCUT2D eigenvalue weighted by atomic mass is 10.1. The number of methoxy groups -OCH3 is 1. The summed E-state index contributed by atoms with van der Waals surface area (Å²) in [5.41, 5.74) is 2.31. The molecule has 0 aliphatic rings. The summed E-state index contributed by atoms with van der Waals surface area (Å²) in [5.74, 6) is 1.68. The van der Waals surface area contributed by atoms with Gasteiger partial charge in [-0.05, 0) is 48.7 Å². The van der Waals surface area contributed by atoms with Crippen LogP contribution in [0.3, 0.4) is 0 Å². The van der Waals surface area contributed by atoms with Gasteiger partial charge >= 0.3 is 0 Å². The van der Waals surface area contributed by atoms with Crippen molar-refractivity contribution in [1.29, 1.82) is 0 Å². The van der Waals surface area contributed by atoms with Crippen LogP contribution in [0, 0.1) is 0 Å². The molecule has 2 aromatic rings. The number of nitrogens with one attached hydrogen (secondary N) is 1. The van der Waals surface area contributed by atoms with Gasteiger partial charge in [-0.1, -0.05) is 24.3 Å². The second kappa shape index (κ2) is 11.5. The van der Waals surface area contributed by atoms with Crippen molar-refractivity contribution in [3.63, 3.8) is 0 Å². The number of aliphatic hydroxyl groups excluding tert-OH is 1. The third-order valence-electron chi connectivity index (χ3n) is 4.08. The van der Waals surface area contributed by atoms with Gasteiger partial charge in [0.1, 0.15) is 18.1 Å². The van der Waals surface area contributed by atoms with E-state index in [2.05, 4.69) is 5.32 Å². The van der Waals surface area contributed by atoms with Crippen molar-refractivity contribution in [3.05, 3.63) is 59.7 Å². The van der Waals surface area contributed by atoms with Gasteiger partial charge in [-0.2, -0.15) is 0 Å². The van der Waals surface area contributed by atoms with E-state index < -0.39 is 0 Å². The number of hydrogen-bond acceptors (Lipinski definition) is 5. The summed E-state index contributed by atoms with van der Waals surface area (Å²) in [6, 6.07) is 15.9. The van der Waals surface area contributed by atoms with Gasteiger partial charge in [-0.25, -0.2) is 0 Å². The van der Waals surface area contributed by atoms with E-state index in [-0.39, 0.29) is 12.6 Å². The Morgan fingerprint density at radius 2 is 1.58 bits per heavy atom. The molecule has 0 aromatic heterocycles. The van der Waals surface area contributed by atoms with Gasteiger partial charge in [0.2, 0.25) is 0 Å². The predicted molar refractivity (Wildman–Crippen MR) is 103 cm³/mol. The van der Waals surface area contributed by atoms with Crippen molar-refractivity contribution in [2.24, 2.45) is 0 Å². The summed E-state index contributed by atoms with van der Waals surface area (Å²) in [6.07, 6.45) is 0.756. The first-order valence-electron chi connectivity index (χ1n) is 9.01. The minimum Gasteiger partial charge on any atom is -0.497 e. The van der Waals surface area contributed by atoms with Crippen molar-refractivity contribution in [2.45, 2.75) is 25.9 Å². The summed E-state index contributed by atoms with van der Waals surface area (Å²) in [4.78, 5) is 0. The molecule has 0 aliphatic carbocycles. The van der Waals surface area contributed by atoms with Crippen LogP contribution in [0.4, 0.5) is 0 Å². The Morgan fingerprint density at radius 3 is 2.19 bits per heavy atom. The highest BCUT2D eigenvalue weighted by Crippen LogP contribution is 2.14. The van der Waals surface area contributed by atoms with E-state index in [9.17, 15) is 5.11 Å². The summed E-state index contributed by atoms with van der Waals surface area (Å²) in [6.45, 7) is 4.61. The summed E-state index contributed by atoms with van der Waals surface area (Å²) < 4.78 is 16.0. The molecule has 0 fully saturated rings. The van der Waals surface area contributed by atoms with Crippen molar-refractivity contribution in [3.8, 4) is 11.5 Å². The van der Waals surface area contributed by atoms with Crippen LogP contribution >= 0.6 is 0 Å². The Kier molecular flexibility index (Phi) is 8.96. The summed E-state index contributed by atoms with van der Waals surface area (Å²) in [5, 5.41) is 13.0. The summed E-state index contributed by atoms with van der Waals surface area (Å²) in [7, 11) is 1.66. The summed E-state index contributed by atoms with van der Waals surface area (Å²) >= 11 is 0. The fourth-order valence-corrected chi connectivity index (χ4v) is 2.58. The molecule has 0 saturated heterocycles. The molecule has 2 N–H and O–H groups in total.